The fourth-order valence-corrected chi connectivity index (χ4v) is 3.63. The van der Waals surface area contributed by atoms with E-state index in [-0.39, 0.29) is 6.04 Å². The number of aryl methyl sites for hydroxylation is 1. The Labute approximate surface area is 127 Å². The zero-order valence-corrected chi connectivity index (χ0v) is 13.4. The largest absolute Gasteiger partial charge is 0.338 e. The van der Waals surface area contributed by atoms with Crippen molar-refractivity contribution in [1.29, 1.82) is 0 Å². The molecule has 1 aromatic rings. The van der Waals surface area contributed by atoms with Crippen LogP contribution in [-0.2, 0) is 6.42 Å². The lowest BCUT2D eigenvalue weighted by atomic mass is 10.1. The number of hydrogen-bond donors (Lipinski definition) is 0. The lowest BCUT2D eigenvalue weighted by molar-refractivity contribution is 0.0797. The Balaban J connectivity index is 1.48. The highest BCUT2D eigenvalue weighted by Gasteiger charge is 2.27. The molecule has 0 spiro atoms. The van der Waals surface area contributed by atoms with Crippen molar-refractivity contribution in [2.45, 2.75) is 52.0 Å². The Morgan fingerprint density at radius 3 is 2.52 bits per heavy atom. The summed E-state index contributed by atoms with van der Waals surface area (Å²) < 4.78 is 5.39. The highest BCUT2D eigenvalue weighted by atomic mass is 16.5. The van der Waals surface area contributed by atoms with Crippen LogP contribution in [-0.4, -0.2) is 52.7 Å². The van der Waals surface area contributed by atoms with Crippen LogP contribution >= 0.6 is 0 Å². The van der Waals surface area contributed by atoms with E-state index < -0.39 is 0 Å². The second-order valence-corrected chi connectivity index (χ2v) is 6.57. The third-order valence-corrected chi connectivity index (χ3v) is 5.10. The van der Waals surface area contributed by atoms with E-state index in [0.717, 1.165) is 37.1 Å². The van der Waals surface area contributed by atoms with Crippen molar-refractivity contribution < 1.29 is 4.52 Å². The van der Waals surface area contributed by atoms with E-state index in [9.17, 15) is 0 Å². The van der Waals surface area contributed by atoms with Gasteiger partial charge in [0.15, 0.2) is 5.82 Å². The lowest BCUT2D eigenvalue weighted by Gasteiger charge is -2.37. The molecule has 21 heavy (non-hydrogen) atoms. The molecule has 5 nitrogen and oxygen atoms in total. The summed E-state index contributed by atoms with van der Waals surface area (Å²) in [5.41, 5.74) is 0. The molecule has 1 atom stereocenters. The average Bonchev–Trinajstić information content (AvgIpc) is 3.18. The van der Waals surface area contributed by atoms with Crippen LogP contribution in [0.3, 0.4) is 0 Å². The van der Waals surface area contributed by atoms with Gasteiger partial charge in [-0.1, -0.05) is 24.9 Å². The molecule has 1 saturated carbocycles. The fraction of sp³-hybridized carbons (Fsp3) is 0.875. The van der Waals surface area contributed by atoms with E-state index >= 15 is 0 Å². The van der Waals surface area contributed by atoms with E-state index in [2.05, 4.69) is 33.8 Å². The van der Waals surface area contributed by atoms with Gasteiger partial charge in [-0.25, -0.2) is 0 Å². The molecule has 1 saturated heterocycles. The Bertz CT molecular complexity index is 433. The van der Waals surface area contributed by atoms with Gasteiger partial charge in [-0.05, 0) is 25.7 Å². The minimum atomic E-state index is 0.242. The van der Waals surface area contributed by atoms with Crippen LogP contribution in [0, 0.1) is 5.92 Å². The third-order valence-electron chi connectivity index (χ3n) is 5.10. The zero-order chi connectivity index (χ0) is 14.7. The van der Waals surface area contributed by atoms with Crippen molar-refractivity contribution in [2.24, 2.45) is 5.92 Å². The highest BCUT2D eigenvalue weighted by molar-refractivity contribution is 4.93. The molecule has 1 aromatic heterocycles. The Hall–Kier alpha value is -0.940. The van der Waals surface area contributed by atoms with Gasteiger partial charge in [0.1, 0.15) is 0 Å². The van der Waals surface area contributed by atoms with Gasteiger partial charge in [-0.2, -0.15) is 4.98 Å². The van der Waals surface area contributed by atoms with Crippen LogP contribution in [0.2, 0.25) is 0 Å². The predicted octanol–water partition coefficient (Wildman–Crippen LogP) is 2.50. The normalized spacial score (nSPS) is 23.7. The van der Waals surface area contributed by atoms with Gasteiger partial charge in [-0.15, -0.1) is 0 Å². The smallest absolute Gasteiger partial charge is 0.243 e. The van der Waals surface area contributed by atoms with Crippen molar-refractivity contribution in [1.82, 2.24) is 19.9 Å². The van der Waals surface area contributed by atoms with Crippen molar-refractivity contribution in [2.75, 3.05) is 32.7 Å². The second kappa shape index (κ2) is 6.88. The molecule has 2 heterocycles. The third kappa shape index (κ3) is 3.64. The summed E-state index contributed by atoms with van der Waals surface area (Å²) in [6.07, 6.45) is 6.61. The number of nitrogens with zero attached hydrogens (tertiary/aromatic N) is 4. The zero-order valence-electron chi connectivity index (χ0n) is 13.4. The quantitative estimate of drug-likeness (QED) is 0.834. The maximum atomic E-state index is 5.39. The van der Waals surface area contributed by atoms with Crippen LogP contribution in [0.15, 0.2) is 4.52 Å². The summed E-state index contributed by atoms with van der Waals surface area (Å²) in [6, 6.07) is 0.242. The van der Waals surface area contributed by atoms with Gasteiger partial charge in [0.2, 0.25) is 5.89 Å². The molecular formula is C16H28N4O. The summed E-state index contributed by atoms with van der Waals surface area (Å²) >= 11 is 0. The van der Waals surface area contributed by atoms with E-state index in [1.54, 1.807) is 0 Å². The molecule has 1 aliphatic carbocycles. The average molecular weight is 292 g/mol. The Kier molecular flexibility index (Phi) is 4.91. The summed E-state index contributed by atoms with van der Waals surface area (Å²) in [5, 5.41) is 4.01. The first-order valence-corrected chi connectivity index (χ1v) is 8.55. The van der Waals surface area contributed by atoms with Gasteiger partial charge in [-0.3, -0.25) is 4.90 Å². The van der Waals surface area contributed by atoms with E-state index in [4.69, 9.17) is 4.52 Å². The Morgan fingerprint density at radius 1 is 1.19 bits per heavy atom. The molecular weight excluding hydrogens is 264 g/mol. The van der Waals surface area contributed by atoms with E-state index in [1.807, 2.05) is 0 Å². The maximum Gasteiger partial charge on any atom is 0.243 e. The monoisotopic (exact) mass is 292 g/mol. The van der Waals surface area contributed by atoms with Crippen LogP contribution < -0.4 is 0 Å². The minimum Gasteiger partial charge on any atom is -0.338 e. The maximum absolute atomic E-state index is 5.39. The topological polar surface area (TPSA) is 45.4 Å². The second-order valence-electron chi connectivity index (χ2n) is 6.57. The summed E-state index contributed by atoms with van der Waals surface area (Å²) in [5.74, 6) is 2.55. The SMILES string of the molecule is CCc1noc(C(C)N2CCN(CC3CCCC3)CC2)n1. The molecule has 118 valence electrons. The molecule has 2 fully saturated rings. The van der Waals surface area contributed by atoms with Crippen molar-refractivity contribution in [3.05, 3.63) is 11.7 Å². The van der Waals surface area contributed by atoms with Crippen LogP contribution in [0.4, 0.5) is 0 Å². The fourth-order valence-electron chi connectivity index (χ4n) is 3.63. The van der Waals surface area contributed by atoms with Gasteiger partial charge in [0.25, 0.3) is 0 Å². The summed E-state index contributed by atoms with van der Waals surface area (Å²) in [4.78, 5) is 9.59. The number of piperazine rings is 1. The molecule has 0 amide bonds. The van der Waals surface area contributed by atoms with Gasteiger partial charge in [0, 0.05) is 39.1 Å². The van der Waals surface area contributed by atoms with E-state index in [1.165, 1.54) is 45.3 Å². The first kappa shape index (κ1) is 15.0. The first-order chi connectivity index (χ1) is 10.3. The molecule has 0 N–H and O–H groups in total. The molecule has 0 bridgehead atoms. The summed E-state index contributed by atoms with van der Waals surface area (Å²) in [7, 11) is 0. The molecule has 1 aliphatic heterocycles. The molecule has 2 aliphatic rings. The van der Waals surface area contributed by atoms with Crippen molar-refractivity contribution in [3.8, 4) is 0 Å². The van der Waals surface area contributed by atoms with Crippen LogP contribution in [0.1, 0.15) is 57.3 Å². The molecule has 3 rings (SSSR count). The molecule has 0 radical (unpaired) electrons. The van der Waals surface area contributed by atoms with Crippen LogP contribution in [0.25, 0.3) is 0 Å². The molecule has 0 aromatic carbocycles. The Morgan fingerprint density at radius 2 is 1.90 bits per heavy atom. The lowest BCUT2D eigenvalue weighted by Crippen LogP contribution is -2.48. The van der Waals surface area contributed by atoms with Gasteiger partial charge >= 0.3 is 0 Å². The van der Waals surface area contributed by atoms with Crippen LogP contribution in [0.5, 0.6) is 0 Å². The van der Waals surface area contributed by atoms with Gasteiger partial charge in [0.05, 0.1) is 6.04 Å². The standard InChI is InChI=1S/C16H28N4O/c1-3-15-17-16(21-18-15)13(2)20-10-8-19(9-11-20)12-14-6-4-5-7-14/h13-14H,3-12H2,1-2H3. The number of rotatable bonds is 5. The predicted molar refractivity (Wildman–Crippen MR) is 82.1 cm³/mol. The summed E-state index contributed by atoms with van der Waals surface area (Å²) in [6.45, 7) is 10.1. The molecule has 5 heteroatoms. The molecule has 1 unspecified atom stereocenters. The van der Waals surface area contributed by atoms with Gasteiger partial charge < -0.3 is 9.42 Å². The first-order valence-electron chi connectivity index (χ1n) is 8.55. The number of hydrogen-bond acceptors (Lipinski definition) is 5. The van der Waals surface area contributed by atoms with Crippen molar-refractivity contribution in [3.63, 3.8) is 0 Å². The van der Waals surface area contributed by atoms with E-state index in [0.29, 0.717) is 0 Å². The minimum absolute atomic E-state index is 0.242. The number of aromatic nitrogens is 2. The highest BCUT2D eigenvalue weighted by Crippen LogP contribution is 2.26. The van der Waals surface area contributed by atoms with Crippen molar-refractivity contribution >= 4 is 0 Å².